The molecule has 0 radical (unpaired) electrons. The number of allylic oxidation sites excluding steroid dienone is 2. The molecule has 0 heterocycles. The minimum absolute atomic E-state index is 0.169. The Kier molecular flexibility index (Phi) is 5.36. The molecule has 2 aromatic carbocycles. The van der Waals surface area contributed by atoms with E-state index in [9.17, 15) is 9.59 Å². The molecular formula is C23H24O3. The van der Waals surface area contributed by atoms with Crippen LogP contribution in [0.1, 0.15) is 41.5 Å². The molecule has 0 saturated carbocycles. The zero-order valence-electron chi connectivity index (χ0n) is 15.5. The quantitative estimate of drug-likeness (QED) is 0.598. The summed E-state index contributed by atoms with van der Waals surface area (Å²) in [4.78, 5) is 25.4. The molecule has 0 saturated heterocycles. The van der Waals surface area contributed by atoms with Crippen molar-refractivity contribution in [1.82, 2.24) is 0 Å². The van der Waals surface area contributed by atoms with Gasteiger partial charge in [-0.25, -0.2) is 0 Å². The van der Waals surface area contributed by atoms with Crippen LogP contribution in [-0.4, -0.2) is 18.4 Å². The van der Waals surface area contributed by atoms with Crippen molar-refractivity contribution in [2.45, 2.75) is 33.1 Å². The number of rotatable bonds is 4. The second-order valence-electron chi connectivity index (χ2n) is 6.90. The molecule has 3 nitrogen and oxygen atoms in total. The molecule has 0 aliphatic heterocycles. The zero-order chi connectivity index (χ0) is 18.7. The molecule has 0 amide bonds. The minimum atomic E-state index is -0.773. The Bertz CT molecular complexity index is 863. The smallest absolute Gasteiger partial charge is 0.317 e. The number of hydrogen-bond acceptors (Lipinski definition) is 3. The average Bonchev–Trinajstić information content (AvgIpc) is 2.61. The number of aryl methyl sites for hydroxylation is 2. The number of carbonyl (C=O) groups is 2. The summed E-state index contributed by atoms with van der Waals surface area (Å²) in [5.41, 5.74) is 5.29. The largest absolute Gasteiger partial charge is 0.465 e. The number of benzene rings is 2. The van der Waals surface area contributed by atoms with Gasteiger partial charge < -0.3 is 4.74 Å². The molecule has 2 aromatic rings. The van der Waals surface area contributed by atoms with Crippen LogP contribution in [-0.2, 0) is 14.3 Å². The maximum Gasteiger partial charge on any atom is 0.317 e. The van der Waals surface area contributed by atoms with Crippen molar-refractivity contribution in [2.24, 2.45) is 5.92 Å². The summed E-state index contributed by atoms with van der Waals surface area (Å²) in [6, 6.07) is 16.2. The van der Waals surface area contributed by atoms with Crippen molar-refractivity contribution in [1.29, 1.82) is 0 Å². The van der Waals surface area contributed by atoms with Gasteiger partial charge in [-0.05, 0) is 50.0 Å². The van der Waals surface area contributed by atoms with Crippen LogP contribution in [0.25, 0.3) is 5.57 Å². The van der Waals surface area contributed by atoms with Gasteiger partial charge in [-0.15, -0.1) is 0 Å². The Morgan fingerprint density at radius 3 is 2.42 bits per heavy atom. The number of hydrogen-bond donors (Lipinski definition) is 0. The van der Waals surface area contributed by atoms with Gasteiger partial charge in [0.05, 0.1) is 6.61 Å². The second kappa shape index (κ2) is 7.69. The van der Waals surface area contributed by atoms with Gasteiger partial charge in [-0.2, -0.15) is 0 Å². The van der Waals surface area contributed by atoms with E-state index in [4.69, 9.17) is 4.74 Å². The third kappa shape index (κ3) is 3.77. The maximum absolute atomic E-state index is 12.9. The number of ketones is 1. The highest BCUT2D eigenvalue weighted by atomic mass is 16.5. The first-order valence-corrected chi connectivity index (χ1v) is 9.04. The van der Waals surface area contributed by atoms with Crippen LogP contribution < -0.4 is 0 Å². The molecule has 0 aromatic heterocycles. The van der Waals surface area contributed by atoms with E-state index in [1.165, 1.54) is 0 Å². The fourth-order valence-corrected chi connectivity index (χ4v) is 3.64. The summed E-state index contributed by atoms with van der Waals surface area (Å²) < 4.78 is 5.20. The molecule has 0 unspecified atom stereocenters. The molecule has 134 valence electrons. The Balaban J connectivity index is 2.04. The van der Waals surface area contributed by atoms with E-state index in [0.29, 0.717) is 6.42 Å². The van der Waals surface area contributed by atoms with Gasteiger partial charge in [-0.3, -0.25) is 9.59 Å². The summed E-state index contributed by atoms with van der Waals surface area (Å²) in [5, 5.41) is 0. The fourth-order valence-electron chi connectivity index (χ4n) is 3.64. The lowest BCUT2D eigenvalue weighted by Gasteiger charge is -2.29. The van der Waals surface area contributed by atoms with Crippen LogP contribution in [0.4, 0.5) is 0 Å². The van der Waals surface area contributed by atoms with Gasteiger partial charge in [0.25, 0.3) is 0 Å². The van der Waals surface area contributed by atoms with Gasteiger partial charge in [0.1, 0.15) is 5.92 Å². The van der Waals surface area contributed by atoms with Gasteiger partial charge in [0.15, 0.2) is 5.78 Å². The number of esters is 1. The number of carbonyl (C=O) groups excluding carboxylic acids is 2. The molecular weight excluding hydrogens is 324 g/mol. The molecule has 1 aliphatic rings. The SMILES string of the molecule is CCOC(=O)[C@@H]1C(=O)C=C(c2cccc(C)c2)C[C@@H]1c1cccc(C)c1. The Morgan fingerprint density at radius 2 is 1.77 bits per heavy atom. The molecule has 0 bridgehead atoms. The first-order chi connectivity index (χ1) is 12.5. The second-order valence-corrected chi connectivity index (χ2v) is 6.90. The molecule has 3 heteroatoms. The summed E-state index contributed by atoms with van der Waals surface area (Å²) in [6.07, 6.45) is 2.27. The third-order valence-electron chi connectivity index (χ3n) is 4.86. The molecule has 0 spiro atoms. The lowest BCUT2D eigenvalue weighted by molar-refractivity contribution is -0.151. The van der Waals surface area contributed by atoms with Gasteiger partial charge in [-0.1, -0.05) is 59.7 Å². The van der Waals surface area contributed by atoms with Crippen molar-refractivity contribution >= 4 is 17.3 Å². The van der Waals surface area contributed by atoms with Crippen LogP contribution >= 0.6 is 0 Å². The predicted octanol–water partition coefficient (Wildman–Crippen LogP) is 4.62. The van der Waals surface area contributed by atoms with Crippen LogP contribution in [0.2, 0.25) is 0 Å². The topological polar surface area (TPSA) is 43.4 Å². The van der Waals surface area contributed by atoms with Crippen molar-refractivity contribution in [2.75, 3.05) is 6.61 Å². The first kappa shape index (κ1) is 18.1. The molecule has 0 fully saturated rings. The molecule has 0 N–H and O–H groups in total. The molecule has 26 heavy (non-hydrogen) atoms. The monoisotopic (exact) mass is 348 g/mol. The van der Waals surface area contributed by atoms with E-state index < -0.39 is 11.9 Å². The van der Waals surface area contributed by atoms with E-state index >= 15 is 0 Å². The van der Waals surface area contributed by atoms with Crippen molar-refractivity contribution in [3.05, 3.63) is 76.9 Å². The predicted molar refractivity (Wildman–Crippen MR) is 103 cm³/mol. The summed E-state index contributed by atoms with van der Waals surface area (Å²) in [6.45, 7) is 6.09. The van der Waals surface area contributed by atoms with Crippen LogP contribution in [0, 0.1) is 19.8 Å². The summed E-state index contributed by atoms with van der Waals surface area (Å²) >= 11 is 0. The van der Waals surface area contributed by atoms with Crippen LogP contribution in [0.15, 0.2) is 54.6 Å². The van der Waals surface area contributed by atoms with Crippen molar-refractivity contribution in [3.63, 3.8) is 0 Å². The van der Waals surface area contributed by atoms with E-state index in [0.717, 1.165) is 27.8 Å². The van der Waals surface area contributed by atoms with E-state index in [2.05, 4.69) is 12.1 Å². The van der Waals surface area contributed by atoms with Gasteiger partial charge in [0, 0.05) is 5.92 Å². The standard InChI is InChI=1S/C23H24O3/c1-4-26-23(25)22-20(18-10-6-8-16(3)12-18)13-19(14-21(22)24)17-9-5-7-15(2)11-17/h5-12,14,20,22H,4,13H2,1-3H3/t20-,22+/m1/s1. The first-order valence-electron chi connectivity index (χ1n) is 9.04. The average molecular weight is 348 g/mol. The van der Waals surface area contributed by atoms with Gasteiger partial charge in [0.2, 0.25) is 0 Å². The fraction of sp³-hybridized carbons (Fsp3) is 0.304. The molecule has 2 atom stereocenters. The summed E-state index contributed by atoms with van der Waals surface area (Å²) in [5.74, 6) is -1.58. The molecule has 3 rings (SSSR count). The highest BCUT2D eigenvalue weighted by Gasteiger charge is 2.39. The lowest BCUT2D eigenvalue weighted by Crippen LogP contribution is -2.34. The lowest BCUT2D eigenvalue weighted by atomic mass is 9.73. The summed E-state index contributed by atoms with van der Waals surface area (Å²) in [7, 11) is 0. The van der Waals surface area contributed by atoms with Crippen molar-refractivity contribution < 1.29 is 14.3 Å². The zero-order valence-corrected chi connectivity index (χ0v) is 15.5. The van der Waals surface area contributed by atoms with E-state index in [-0.39, 0.29) is 18.3 Å². The minimum Gasteiger partial charge on any atom is -0.465 e. The normalized spacial score (nSPS) is 19.8. The molecule has 1 aliphatic carbocycles. The van der Waals surface area contributed by atoms with E-state index in [1.807, 2.05) is 50.2 Å². The van der Waals surface area contributed by atoms with Crippen LogP contribution in [0.3, 0.4) is 0 Å². The Labute approximate surface area is 154 Å². The third-order valence-corrected chi connectivity index (χ3v) is 4.86. The van der Waals surface area contributed by atoms with Crippen molar-refractivity contribution in [3.8, 4) is 0 Å². The Morgan fingerprint density at radius 1 is 1.08 bits per heavy atom. The maximum atomic E-state index is 12.9. The highest BCUT2D eigenvalue weighted by molar-refractivity contribution is 6.10. The van der Waals surface area contributed by atoms with Gasteiger partial charge >= 0.3 is 5.97 Å². The van der Waals surface area contributed by atoms with Crippen LogP contribution in [0.5, 0.6) is 0 Å². The highest BCUT2D eigenvalue weighted by Crippen LogP contribution is 2.40. The Hall–Kier alpha value is -2.68. The number of ether oxygens (including phenoxy) is 1. The van der Waals surface area contributed by atoms with E-state index in [1.54, 1.807) is 13.0 Å².